The van der Waals surface area contributed by atoms with Crippen LogP contribution >= 0.6 is 11.3 Å². The van der Waals surface area contributed by atoms with Gasteiger partial charge in [0.15, 0.2) is 5.78 Å². The Kier molecular flexibility index (Phi) is 3.75. The molecule has 0 fully saturated rings. The number of hydrogen-bond acceptors (Lipinski definition) is 2. The molecule has 1 heterocycles. The standard InChI is InChI=1S/C15H16OS/c1-11-3-5-14(12(2)9-11)15(16)6-4-13-7-8-17-10-13/h3,5,7-10H,4,6H2,1-2H3. The summed E-state index contributed by atoms with van der Waals surface area (Å²) in [5.41, 5.74) is 4.41. The number of thiophene rings is 1. The second-order valence-corrected chi connectivity index (χ2v) is 5.15. The molecule has 1 aromatic carbocycles. The summed E-state index contributed by atoms with van der Waals surface area (Å²) >= 11 is 1.68. The van der Waals surface area contributed by atoms with Crippen LogP contribution in [0.5, 0.6) is 0 Å². The van der Waals surface area contributed by atoms with Crippen molar-refractivity contribution >= 4 is 17.1 Å². The normalized spacial score (nSPS) is 10.5. The molecule has 1 aromatic heterocycles. The van der Waals surface area contributed by atoms with Gasteiger partial charge in [0.2, 0.25) is 0 Å². The highest BCUT2D eigenvalue weighted by Gasteiger charge is 2.09. The minimum absolute atomic E-state index is 0.244. The van der Waals surface area contributed by atoms with Gasteiger partial charge in [-0.3, -0.25) is 4.79 Å². The van der Waals surface area contributed by atoms with Crippen molar-refractivity contribution in [3.05, 3.63) is 57.3 Å². The predicted octanol–water partition coefficient (Wildman–Crippen LogP) is 4.18. The van der Waals surface area contributed by atoms with Crippen LogP contribution in [0.4, 0.5) is 0 Å². The van der Waals surface area contributed by atoms with Crippen LogP contribution in [0.1, 0.15) is 33.5 Å². The lowest BCUT2D eigenvalue weighted by Crippen LogP contribution is -2.03. The first-order chi connectivity index (χ1) is 8.16. The average molecular weight is 244 g/mol. The molecule has 1 nitrogen and oxygen atoms in total. The third kappa shape index (κ3) is 3.04. The van der Waals surface area contributed by atoms with Crippen LogP contribution in [0.2, 0.25) is 0 Å². The highest BCUT2D eigenvalue weighted by atomic mass is 32.1. The summed E-state index contributed by atoms with van der Waals surface area (Å²) in [6.45, 7) is 4.05. The molecule has 17 heavy (non-hydrogen) atoms. The van der Waals surface area contributed by atoms with Gasteiger partial charge < -0.3 is 0 Å². The SMILES string of the molecule is Cc1ccc(C(=O)CCc2ccsc2)c(C)c1. The molecule has 0 amide bonds. The molecule has 2 heteroatoms. The first-order valence-electron chi connectivity index (χ1n) is 5.78. The molecule has 2 rings (SSSR count). The summed E-state index contributed by atoms with van der Waals surface area (Å²) in [7, 11) is 0. The van der Waals surface area contributed by atoms with Crippen molar-refractivity contribution < 1.29 is 4.79 Å². The highest BCUT2D eigenvalue weighted by molar-refractivity contribution is 7.07. The van der Waals surface area contributed by atoms with Crippen LogP contribution in [0.15, 0.2) is 35.0 Å². The molecule has 0 N–H and O–H groups in total. The zero-order valence-corrected chi connectivity index (χ0v) is 11.0. The lowest BCUT2D eigenvalue weighted by Gasteiger charge is -2.05. The molecule has 88 valence electrons. The molecule has 0 bridgehead atoms. The quantitative estimate of drug-likeness (QED) is 0.737. The van der Waals surface area contributed by atoms with Crippen molar-refractivity contribution in [2.75, 3.05) is 0 Å². The molecule has 0 spiro atoms. The predicted molar refractivity (Wildman–Crippen MR) is 72.9 cm³/mol. The first kappa shape index (κ1) is 12.1. The molecule has 0 aliphatic carbocycles. The highest BCUT2D eigenvalue weighted by Crippen LogP contribution is 2.15. The average Bonchev–Trinajstić information content (AvgIpc) is 2.78. The van der Waals surface area contributed by atoms with Gasteiger partial charge >= 0.3 is 0 Å². The van der Waals surface area contributed by atoms with Gasteiger partial charge in [0.25, 0.3) is 0 Å². The summed E-state index contributed by atoms with van der Waals surface area (Å²) < 4.78 is 0. The number of hydrogen-bond donors (Lipinski definition) is 0. The first-order valence-corrected chi connectivity index (χ1v) is 6.72. The van der Waals surface area contributed by atoms with E-state index in [9.17, 15) is 4.79 Å². The molecule has 0 radical (unpaired) electrons. The summed E-state index contributed by atoms with van der Waals surface area (Å²) in [6.07, 6.45) is 1.44. The Morgan fingerprint density at radius 3 is 2.71 bits per heavy atom. The van der Waals surface area contributed by atoms with Crippen molar-refractivity contribution in [2.24, 2.45) is 0 Å². The lowest BCUT2D eigenvalue weighted by atomic mass is 9.98. The van der Waals surface area contributed by atoms with E-state index in [0.717, 1.165) is 17.5 Å². The third-order valence-corrected chi connectivity index (χ3v) is 3.64. The van der Waals surface area contributed by atoms with Crippen LogP contribution < -0.4 is 0 Å². The Hall–Kier alpha value is -1.41. The van der Waals surface area contributed by atoms with Crippen molar-refractivity contribution in [2.45, 2.75) is 26.7 Å². The van der Waals surface area contributed by atoms with Gasteiger partial charge in [-0.1, -0.05) is 23.8 Å². The Bertz CT molecular complexity index is 512. The van der Waals surface area contributed by atoms with E-state index in [4.69, 9.17) is 0 Å². The van der Waals surface area contributed by atoms with Crippen molar-refractivity contribution in [3.8, 4) is 0 Å². The maximum absolute atomic E-state index is 12.1. The summed E-state index contributed by atoms with van der Waals surface area (Å²) in [5, 5.41) is 4.16. The van der Waals surface area contributed by atoms with Crippen LogP contribution in [0.3, 0.4) is 0 Å². The van der Waals surface area contributed by atoms with E-state index in [1.54, 1.807) is 11.3 Å². The maximum atomic E-state index is 12.1. The van der Waals surface area contributed by atoms with Crippen LogP contribution in [-0.4, -0.2) is 5.78 Å². The van der Waals surface area contributed by atoms with Gasteiger partial charge in [0.05, 0.1) is 0 Å². The lowest BCUT2D eigenvalue weighted by molar-refractivity contribution is 0.0982. The Morgan fingerprint density at radius 2 is 2.06 bits per heavy atom. The minimum Gasteiger partial charge on any atom is -0.294 e. The molecular weight excluding hydrogens is 228 g/mol. The van der Waals surface area contributed by atoms with E-state index in [-0.39, 0.29) is 5.78 Å². The zero-order valence-electron chi connectivity index (χ0n) is 10.2. The topological polar surface area (TPSA) is 17.1 Å². The maximum Gasteiger partial charge on any atom is 0.163 e. The van der Waals surface area contributed by atoms with Gasteiger partial charge in [-0.15, -0.1) is 0 Å². The third-order valence-electron chi connectivity index (χ3n) is 2.90. The number of rotatable bonds is 4. The second-order valence-electron chi connectivity index (χ2n) is 4.37. The van der Waals surface area contributed by atoms with Crippen LogP contribution in [-0.2, 0) is 6.42 Å². The summed E-state index contributed by atoms with van der Waals surface area (Å²) in [4.78, 5) is 12.1. The number of aryl methyl sites for hydroxylation is 3. The number of ketones is 1. The minimum atomic E-state index is 0.244. The van der Waals surface area contributed by atoms with E-state index in [0.29, 0.717) is 6.42 Å². The Morgan fingerprint density at radius 1 is 1.24 bits per heavy atom. The van der Waals surface area contributed by atoms with E-state index in [1.165, 1.54) is 11.1 Å². The van der Waals surface area contributed by atoms with Gasteiger partial charge in [-0.2, -0.15) is 11.3 Å². The fourth-order valence-corrected chi connectivity index (χ4v) is 2.66. The Labute approximate surface area is 106 Å². The molecule has 0 saturated carbocycles. The smallest absolute Gasteiger partial charge is 0.163 e. The van der Waals surface area contributed by atoms with Crippen molar-refractivity contribution in [1.82, 2.24) is 0 Å². The second kappa shape index (κ2) is 5.28. The molecule has 0 aliphatic rings. The molecule has 0 saturated heterocycles. The molecule has 0 atom stereocenters. The van der Waals surface area contributed by atoms with Gasteiger partial charge in [0, 0.05) is 12.0 Å². The molecule has 2 aromatic rings. The van der Waals surface area contributed by atoms with Gasteiger partial charge in [-0.25, -0.2) is 0 Å². The Balaban J connectivity index is 2.04. The van der Waals surface area contributed by atoms with Crippen molar-refractivity contribution in [1.29, 1.82) is 0 Å². The monoisotopic (exact) mass is 244 g/mol. The largest absolute Gasteiger partial charge is 0.294 e. The summed E-state index contributed by atoms with van der Waals surface area (Å²) in [6, 6.07) is 8.10. The number of carbonyl (C=O) groups excluding carboxylic acids is 1. The molecular formula is C15H16OS. The van der Waals surface area contributed by atoms with E-state index in [2.05, 4.69) is 22.9 Å². The van der Waals surface area contributed by atoms with Crippen molar-refractivity contribution in [3.63, 3.8) is 0 Å². The summed E-state index contributed by atoms with van der Waals surface area (Å²) in [5.74, 6) is 0.244. The van der Waals surface area contributed by atoms with Gasteiger partial charge in [0.1, 0.15) is 0 Å². The number of carbonyl (C=O) groups is 1. The number of Topliss-reactive ketones (excluding diaryl/α,β-unsaturated/α-hetero) is 1. The molecule has 0 unspecified atom stereocenters. The van der Waals surface area contributed by atoms with Crippen LogP contribution in [0, 0.1) is 13.8 Å². The van der Waals surface area contributed by atoms with E-state index in [1.807, 2.05) is 26.0 Å². The fourth-order valence-electron chi connectivity index (χ4n) is 1.95. The van der Waals surface area contributed by atoms with E-state index < -0.39 is 0 Å². The fraction of sp³-hybridized carbons (Fsp3) is 0.267. The van der Waals surface area contributed by atoms with Gasteiger partial charge in [-0.05, 0) is 48.2 Å². The van der Waals surface area contributed by atoms with E-state index >= 15 is 0 Å². The number of benzene rings is 1. The van der Waals surface area contributed by atoms with Crippen LogP contribution in [0.25, 0.3) is 0 Å². The zero-order chi connectivity index (χ0) is 12.3. The molecule has 0 aliphatic heterocycles.